The van der Waals surface area contributed by atoms with Gasteiger partial charge in [-0.2, -0.15) is 21.9 Å². The van der Waals surface area contributed by atoms with Crippen molar-refractivity contribution in [2.45, 2.75) is 6.54 Å². The maximum atomic E-state index is 14.3. The van der Waals surface area contributed by atoms with Crippen LogP contribution >= 0.6 is 0 Å². The molecule has 0 heterocycles. The average Bonchev–Trinajstić information content (AvgIpc) is 3.02. The van der Waals surface area contributed by atoms with Crippen LogP contribution in [0.25, 0.3) is 10.8 Å². The standard InChI is InChI=1S/C24H16BF4.C14H18N2/c26-21-9-1-5-17(13-21)25(18-6-2-10-22(27)14-18,19-7-3-11-23(28)15-19)20-8-4-12-24(29)16-20;1-15-10-12-8-4-6-11-7-5-9-13(14(11)12)16(2)3/h1-16H;4-9,15H,10H2,1-3H3/q-1;/p+1. The predicted molar refractivity (Wildman–Crippen MR) is 179 cm³/mol. The lowest BCUT2D eigenvalue weighted by Crippen LogP contribution is -3.00. The smallest absolute Gasteiger partial charge is 0.139 e. The molecule has 0 atom stereocenters. The lowest BCUT2D eigenvalue weighted by Gasteiger charge is -2.44. The summed E-state index contributed by atoms with van der Waals surface area (Å²) in [7, 11) is 6.33. The van der Waals surface area contributed by atoms with Crippen LogP contribution < -0.4 is 32.1 Å². The van der Waals surface area contributed by atoms with Crippen molar-refractivity contribution in [2.75, 3.05) is 21.1 Å². The molecular weight excluding hydrogens is 571 g/mol. The van der Waals surface area contributed by atoms with Gasteiger partial charge in [-0.3, -0.25) is 0 Å². The van der Waals surface area contributed by atoms with Crippen molar-refractivity contribution in [3.63, 3.8) is 0 Å². The van der Waals surface area contributed by atoms with Crippen LogP contribution in [0.3, 0.4) is 0 Å². The Bertz CT molecular complexity index is 1730. The molecule has 0 saturated heterocycles. The fraction of sp³-hybridized carbons (Fsp3) is 0.105. The molecule has 6 aromatic carbocycles. The molecule has 2 nitrogen and oxygen atoms in total. The van der Waals surface area contributed by atoms with E-state index in [0.717, 1.165) is 6.54 Å². The zero-order valence-electron chi connectivity index (χ0n) is 25.5. The lowest BCUT2D eigenvalue weighted by atomic mass is 9.13. The zero-order chi connectivity index (χ0) is 32.0. The van der Waals surface area contributed by atoms with Crippen molar-refractivity contribution in [1.82, 2.24) is 5.32 Å². The predicted octanol–water partition coefficient (Wildman–Crippen LogP) is 4.96. The molecule has 0 aliphatic carbocycles. The number of nitrogens with one attached hydrogen (secondary N) is 2. The van der Waals surface area contributed by atoms with Crippen molar-refractivity contribution in [3.05, 3.63) is 162 Å². The van der Waals surface area contributed by atoms with Gasteiger partial charge >= 0.3 is 0 Å². The Kier molecular flexibility index (Phi) is 9.82. The van der Waals surface area contributed by atoms with Crippen LogP contribution in [0.1, 0.15) is 5.56 Å². The van der Waals surface area contributed by atoms with E-state index < -0.39 is 29.4 Å². The molecule has 228 valence electrons. The second kappa shape index (κ2) is 13.9. The molecule has 7 heteroatoms. The molecule has 0 bridgehead atoms. The van der Waals surface area contributed by atoms with Gasteiger partial charge < -0.3 is 10.2 Å². The van der Waals surface area contributed by atoms with Crippen molar-refractivity contribution in [2.24, 2.45) is 0 Å². The molecular formula is C38H35BF4N2. The van der Waals surface area contributed by atoms with Gasteiger partial charge in [0.2, 0.25) is 0 Å². The Balaban J connectivity index is 0.000000211. The van der Waals surface area contributed by atoms with Crippen LogP contribution in [0.15, 0.2) is 133 Å². The van der Waals surface area contributed by atoms with Gasteiger partial charge in [-0.15, -0.1) is 0 Å². The summed E-state index contributed by atoms with van der Waals surface area (Å²) in [6.45, 7) is 0.918. The van der Waals surface area contributed by atoms with Gasteiger partial charge in [0, 0.05) is 11.9 Å². The summed E-state index contributed by atoms with van der Waals surface area (Å²) >= 11 is 0. The maximum Gasteiger partial charge on any atom is 0.139 e. The first-order valence-electron chi connectivity index (χ1n) is 14.9. The topological polar surface area (TPSA) is 16.5 Å². The summed E-state index contributed by atoms with van der Waals surface area (Å²) in [6, 6.07) is 36.5. The molecule has 0 aliphatic rings. The van der Waals surface area contributed by atoms with E-state index in [-0.39, 0.29) is 0 Å². The molecule has 0 amide bonds. The van der Waals surface area contributed by atoms with Crippen LogP contribution in [-0.2, 0) is 6.54 Å². The number of hydrogen-bond acceptors (Lipinski definition) is 1. The fourth-order valence-corrected chi connectivity index (χ4v) is 6.43. The molecule has 0 spiro atoms. The molecule has 0 saturated carbocycles. The number of quaternary nitrogens is 1. The normalized spacial score (nSPS) is 11.4. The Morgan fingerprint density at radius 3 is 1.27 bits per heavy atom. The molecule has 0 aromatic heterocycles. The van der Waals surface area contributed by atoms with E-state index in [4.69, 9.17) is 0 Å². The van der Waals surface area contributed by atoms with Gasteiger partial charge in [-0.25, -0.2) is 17.6 Å². The molecule has 0 fully saturated rings. The van der Waals surface area contributed by atoms with E-state index in [1.807, 2.05) is 7.05 Å². The summed E-state index contributed by atoms with van der Waals surface area (Å²) in [5.74, 6) is -1.95. The monoisotopic (exact) mass is 606 g/mol. The van der Waals surface area contributed by atoms with Crippen LogP contribution in [0, 0.1) is 23.3 Å². The van der Waals surface area contributed by atoms with E-state index in [0.29, 0.717) is 21.9 Å². The van der Waals surface area contributed by atoms with Gasteiger partial charge in [0.25, 0.3) is 0 Å². The van der Waals surface area contributed by atoms with Crippen molar-refractivity contribution >= 4 is 44.5 Å². The molecule has 0 radical (unpaired) electrons. The Labute approximate surface area is 261 Å². The van der Waals surface area contributed by atoms with Crippen LogP contribution in [-0.4, -0.2) is 27.3 Å². The fourth-order valence-electron chi connectivity index (χ4n) is 6.43. The minimum atomic E-state index is -2.25. The second-order valence-corrected chi connectivity index (χ2v) is 11.4. The highest BCUT2D eigenvalue weighted by atomic mass is 19.1. The highest BCUT2D eigenvalue weighted by molar-refractivity contribution is 7.19. The van der Waals surface area contributed by atoms with E-state index in [1.165, 1.54) is 75.5 Å². The number of halogens is 4. The van der Waals surface area contributed by atoms with E-state index in [2.05, 4.69) is 55.8 Å². The van der Waals surface area contributed by atoms with Crippen LogP contribution in [0.2, 0.25) is 0 Å². The van der Waals surface area contributed by atoms with Gasteiger partial charge in [-0.1, -0.05) is 103 Å². The molecule has 6 aromatic rings. The third-order valence-corrected chi connectivity index (χ3v) is 8.29. The first-order chi connectivity index (χ1) is 21.7. The first-order valence-corrected chi connectivity index (χ1v) is 14.9. The summed E-state index contributed by atoms with van der Waals surface area (Å²) in [5.41, 5.74) is 4.71. The first kappa shape index (κ1) is 31.7. The Morgan fingerprint density at radius 1 is 0.533 bits per heavy atom. The highest BCUT2D eigenvalue weighted by Gasteiger charge is 2.33. The highest BCUT2D eigenvalue weighted by Crippen LogP contribution is 2.24. The molecule has 0 unspecified atom stereocenters. The minimum Gasteiger partial charge on any atom is -0.316 e. The van der Waals surface area contributed by atoms with Gasteiger partial charge in [0.15, 0.2) is 0 Å². The number of hydrogen-bond donors (Lipinski definition) is 2. The number of rotatable bonds is 7. The Morgan fingerprint density at radius 2 is 0.911 bits per heavy atom. The maximum absolute atomic E-state index is 14.3. The van der Waals surface area contributed by atoms with E-state index in [1.54, 1.807) is 48.5 Å². The summed E-state index contributed by atoms with van der Waals surface area (Å²) < 4.78 is 57.1. The second-order valence-electron chi connectivity index (χ2n) is 11.4. The summed E-state index contributed by atoms with van der Waals surface area (Å²) in [6.07, 6.45) is -2.25. The molecule has 6 rings (SSSR count). The van der Waals surface area contributed by atoms with E-state index >= 15 is 0 Å². The minimum absolute atomic E-state index is 0.488. The molecule has 45 heavy (non-hydrogen) atoms. The SMILES string of the molecule is CNCc1cccc2cccc([NH+](C)C)c12.Fc1cccc([B-](c2cccc(F)c2)(c2cccc(F)c2)c2cccc(F)c2)c1. The quantitative estimate of drug-likeness (QED) is 0.194. The third kappa shape index (κ3) is 6.70. The molecule has 0 aliphatic heterocycles. The third-order valence-electron chi connectivity index (χ3n) is 8.29. The largest absolute Gasteiger partial charge is 0.316 e. The number of benzene rings is 6. The Hall–Kier alpha value is -4.72. The molecule has 2 N–H and O–H groups in total. The van der Waals surface area contributed by atoms with Gasteiger partial charge in [0.1, 0.15) is 35.1 Å². The van der Waals surface area contributed by atoms with Crippen molar-refractivity contribution in [1.29, 1.82) is 0 Å². The van der Waals surface area contributed by atoms with Crippen LogP contribution in [0.4, 0.5) is 23.2 Å². The summed E-state index contributed by atoms with van der Waals surface area (Å²) in [5, 5.41) is 5.95. The van der Waals surface area contributed by atoms with Crippen molar-refractivity contribution < 1.29 is 22.5 Å². The van der Waals surface area contributed by atoms with Crippen molar-refractivity contribution in [3.8, 4) is 0 Å². The number of fused-ring (bicyclic) bond motifs is 1. The average molecular weight is 607 g/mol. The zero-order valence-corrected chi connectivity index (χ0v) is 25.5. The lowest BCUT2D eigenvalue weighted by molar-refractivity contribution is -0.785. The summed E-state index contributed by atoms with van der Waals surface area (Å²) in [4.78, 5) is 1.37. The van der Waals surface area contributed by atoms with E-state index in [9.17, 15) is 17.6 Å². The van der Waals surface area contributed by atoms with Gasteiger partial charge in [-0.05, 0) is 48.3 Å². The van der Waals surface area contributed by atoms with Gasteiger partial charge in [0.05, 0.1) is 14.1 Å². The van der Waals surface area contributed by atoms with Crippen LogP contribution in [0.5, 0.6) is 0 Å².